The third kappa shape index (κ3) is 4.71. The van der Waals surface area contributed by atoms with Gasteiger partial charge in [-0.1, -0.05) is 24.3 Å². The first-order valence-corrected chi connectivity index (χ1v) is 11.0. The highest BCUT2D eigenvalue weighted by Gasteiger charge is 2.09. The van der Waals surface area contributed by atoms with Gasteiger partial charge in [-0.2, -0.15) is 0 Å². The van der Waals surface area contributed by atoms with Gasteiger partial charge in [0.25, 0.3) is 5.91 Å². The lowest BCUT2D eigenvalue weighted by Crippen LogP contribution is -2.12. The van der Waals surface area contributed by atoms with E-state index in [4.69, 9.17) is 0 Å². The van der Waals surface area contributed by atoms with Crippen LogP contribution in [0, 0.1) is 6.92 Å². The molecule has 0 saturated heterocycles. The number of hydrogen-bond donors (Lipinski definition) is 3. The summed E-state index contributed by atoms with van der Waals surface area (Å²) < 4.78 is 0. The third-order valence-electron chi connectivity index (χ3n) is 5.49. The first kappa shape index (κ1) is 21.2. The minimum Gasteiger partial charge on any atom is -0.355 e. The summed E-state index contributed by atoms with van der Waals surface area (Å²) in [6.45, 7) is 2.05. The fourth-order valence-electron chi connectivity index (χ4n) is 3.77. The van der Waals surface area contributed by atoms with Gasteiger partial charge in [-0.05, 0) is 73.2 Å². The summed E-state index contributed by atoms with van der Waals surface area (Å²) in [5, 5.41) is 10.7. The standard InChI is InChI=1S/C28H23N5O/c1-19-4-2-7-25-26(14-17-30-27(19)25)32-24-6-3-5-20(18-24)28(34)33-22-10-8-21(9-11-22)31-23-12-15-29-16-13-23/h2-18H,1H3,(H,29,31)(H,30,32)(H,33,34). The van der Waals surface area contributed by atoms with Gasteiger partial charge in [0, 0.05) is 58.0 Å². The molecule has 0 bridgehead atoms. The summed E-state index contributed by atoms with van der Waals surface area (Å²) in [6.07, 6.45) is 5.26. The van der Waals surface area contributed by atoms with E-state index in [1.165, 1.54) is 0 Å². The van der Waals surface area contributed by atoms with Gasteiger partial charge in [0.15, 0.2) is 0 Å². The molecule has 3 aromatic carbocycles. The fourth-order valence-corrected chi connectivity index (χ4v) is 3.77. The maximum atomic E-state index is 12.9. The number of carbonyl (C=O) groups is 1. The number of amides is 1. The van der Waals surface area contributed by atoms with Crippen LogP contribution < -0.4 is 16.0 Å². The van der Waals surface area contributed by atoms with E-state index in [-0.39, 0.29) is 5.91 Å². The van der Waals surface area contributed by atoms with E-state index in [0.29, 0.717) is 5.56 Å². The van der Waals surface area contributed by atoms with E-state index in [1.54, 1.807) is 24.7 Å². The van der Waals surface area contributed by atoms with Crippen molar-refractivity contribution < 1.29 is 4.79 Å². The first-order chi connectivity index (χ1) is 16.7. The zero-order chi connectivity index (χ0) is 23.3. The normalized spacial score (nSPS) is 10.6. The number of benzene rings is 3. The third-order valence-corrected chi connectivity index (χ3v) is 5.49. The van der Waals surface area contributed by atoms with Gasteiger partial charge < -0.3 is 16.0 Å². The molecule has 0 aliphatic carbocycles. The molecule has 2 heterocycles. The van der Waals surface area contributed by atoms with E-state index in [1.807, 2.05) is 85.8 Å². The Labute approximate surface area is 197 Å². The van der Waals surface area contributed by atoms with Gasteiger partial charge in [-0.15, -0.1) is 0 Å². The Morgan fingerprint density at radius 1 is 0.706 bits per heavy atom. The monoisotopic (exact) mass is 445 g/mol. The van der Waals surface area contributed by atoms with Crippen LogP contribution in [0.5, 0.6) is 0 Å². The summed E-state index contributed by atoms with van der Waals surface area (Å²) in [4.78, 5) is 21.4. The van der Waals surface area contributed by atoms with Crippen LogP contribution >= 0.6 is 0 Å². The van der Waals surface area contributed by atoms with Crippen LogP contribution in [0.4, 0.5) is 28.4 Å². The van der Waals surface area contributed by atoms with Gasteiger partial charge in [-0.3, -0.25) is 14.8 Å². The molecule has 0 spiro atoms. The Bertz CT molecular complexity index is 1450. The van der Waals surface area contributed by atoms with Gasteiger partial charge in [-0.25, -0.2) is 0 Å². The van der Waals surface area contributed by atoms with Crippen LogP contribution in [0.25, 0.3) is 10.9 Å². The van der Waals surface area contributed by atoms with E-state index >= 15 is 0 Å². The lowest BCUT2D eigenvalue weighted by atomic mass is 10.1. The molecule has 34 heavy (non-hydrogen) atoms. The minimum absolute atomic E-state index is 0.172. The molecule has 6 nitrogen and oxygen atoms in total. The van der Waals surface area contributed by atoms with Crippen LogP contribution in [0.15, 0.2) is 104 Å². The maximum absolute atomic E-state index is 12.9. The number of aryl methyl sites for hydroxylation is 1. The number of anilines is 5. The molecule has 5 rings (SSSR count). The molecule has 6 heteroatoms. The molecule has 0 unspecified atom stereocenters. The number of carbonyl (C=O) groups excluding carboxylic acids is 1. The highest BCUT2D eigenvalue weighted by Crippen LogP contribution is 2.27. The number of nitrogens with one attached hydrogen (secondary N) is 3. The second-order valence-corrected chi connectivity index (χ2v) is 7.93. The van der Waals surface area contributed by atoms with Crippen LogP contribution in [0.1, 0.15) is 15.9 Å². The predicted molar refractivity (Wildman–Crippen MR) is 138 cm³/mol. The SMILES string of the molecule is Cc1cccc2c(Nc3cccc(C(=O)Nc4ccc(Nc5ccncc5)cc4)c3)ccnc12. The molecular formula is C28H23N5O. The highest BCUT2D eigenvalue weighted by molar-refractivity contribution is 6.05. The van der Waals surface area contributed by atoms with Crippen LogP contribution in [0.2, 0.25) is 0 Å². The predicted octanol–water partition coefficient (Wildman–Crippen LogP) is 6.68. The van der Waals surface area contributed by atoms with Crippen LogP contribution in [-0.2, 0) is 0 Å². The zero-order valence-corrected chi connectivity index (χ0v) is 18.6. The van der Waals surface area contributed by atoms with Crippen molar-refractivity contribution >= 4 is 45.2 Å². The van der Waals surface area contributed by atoms with Gasteiger partial charge >= 0.3 is 0 Å². The van der Waals surface area contributed by atoms with Crippen molar-refractivity contribution in [2.45, 2.75) is 6.92 Å². The highest BCUT2D eigenvalue weighted by atomic mass is 16.1. The summed E-state index contributed by atoms with van der Waals surface area (Å²) in [5.41, 5.74) is 7.03. The molecule has 166 valence electrons. The maximum Gasteiger partial charge on any atom is 0.255 e. The number of fused-ring (bicyclic) bond motifs is 1. The van der Waals surface area contributed by atoms with Crippen molar-refractivity contribution in [2.75, 3.05) is 16.0 Å². The Morgan fingerprint density at radius 3 is 2.26 bits per heavy atom. The molecule has 5 aromatic rings. The number of hydrogen-bond acceptors (Lipinski definition) is 5. The number of pyridine rings is 2. The van der Waals surface area contributed by atoms with Crippen LogP contribution in [-0.4, -0.2) is 15.9 Å². The fraction of sp³-hybridized carbons (Fsp3) is 0.0357. The average Bonchev–Trinajstić information content (AvgIpc) is 2.87. The Morgan fingerprint density at radius 2 is 1.44 bits per heavy atom. The molecule has 0 atom stereocenters. The number of para-hydroxylation sites is 1. The summed E-state index contributed by atoms with van der Waals surface area (Å²) in [5.74, 6) is -0.172. The molecule has 0 aliphatic rings. The molecule has 0 radical (unpaired) electrons. The Kier molecular flexibility index (Phi) is 5.86. The smallest absolute Gasteiger partial charge is 0.255 e. The van der Waals surface area contributed by atoms with E-state index < -0.39 is 0 Å². The lowest BCUT2D eigenvalue weighted by Gasteiger charge is -2.12. The molecule has 0 saturated carbocycles. The first-order valence-electron chi connectivity index (χ1n) is 11.0. The number of rotatable bonds is 6. The molecule has 1 amide bonds. The molecule has 0 aliphatic heterocycles. The number of aromatic nitrogens is 2. The van der Waals surface area contributed by atoms with Gasteiger partial charge in [0.1, 0.15) is 0 Å². The van der Waals surface area contributed by atoms with Gasteiger partial charge in [0.05, 0.1) is 5.52 Å². The number of nitrogens with zero attached hydrogens (tertiary/aromatic N) is 2. The summed E-state index contributed by atoms with van der Waals surface area (Å²) >= 11 is 0. The Hall–Kier alpha value is -4.71. The van der Waals surface area contributed by atoms with Crippen molar-refractivity contribution in [1.29, 1.82) is 0 Å². The van der Waals surface area contributed by atoms with E-state index in [0.717, 1.165) is 44.9 Å². The van der Waals surface area contributed by atoms with Crippen LogP contribution in [0.3, 0.4) is 0 Å². The van der Waals surface area contributed by atoms with Gasteiger partial charge in [0.2, 0.25) is 0 Å². The molecule has 2 aromatic heterocycles. The second kappa shape index (κ2) is 9.42. The van der Waals surface area contributed by atoms with E-state index in [2.05, 4.69) is 25.9 Å². The zero-order valence-electron chi connectivity index (χ0n) is 18.6. The van der Waals surface area contributed by atoms with E-state index in [9.17, 15) is 4.79 Å². The average molecular weight is 446 g/mol. The van der Waals surface area contributed by atoms with Crippen molar-refractivity contribution in [3.63, 3.8) is 0 Å². The summed E-state index contributed by atoms with van der Waals surface area (Å²) in [7, 11) is 0. The van der Waals surface area contributed by atoms with Crippen molar-refractivity contribution in [3.8, 4) is 0 Å². The van der Waals surface area contributed by atoms with Crippen molar-refractivity contribution in [2.24, 2.45) is 0 Å². The van der Waals surface area contributed by atoms with Crippen molar-refractivity contribution in [1.82, 2.24) is 9.97 Å². The summed E-state index contributed by atoms with van der Waals surface area (Å²) in [6, 6.07) is 26.9. The largest absolute Gasteiger partial charge is 0.355 e. The van der Waals surface area contributed by atoms with Crippen molar-refractivity contribution in [3.05, 3.63) is 115 Å². The topological polar surface area (TPSA) is 78.9 Å². The Balaban J connectivity index is 1.29. The second-order valence-electron chi connectivity index (χ2n) is 7.93. The molecular weight excluding hydrogens is 422 g/mol. The minimum atomic E-state index is -0.172. The quantitative estimate of drug-likeness (QED) is 0.272. The molecule has 3 N–H and O–H groups in total. The lowest BCUT2D eigenvalue weighted by molar-refractivity contribution is 0.102. The molecule has 0 fully saturated rings.